The smallest absolute Gasteiger partial charge is 0.351 e. The molecule has 0 aliphatic heterocycles. The Morgan fingerprint density at radius 3 is 2.47 bits per heavy atom. The van der Waals surface area contributed by atoms with Gasteiger partial charge in [0.25, 0.3) is 0 Å². The zero-order chi connectivity index (χ0) is 27.7. The molecule has 0 radical (unpaired) electrons. The van der Waals surface area contributed by atoms with Crippen molar-refractivity contribution in [2.24, 2.45) is 0 Å². The van der Waals surface area contributed by atoms with Gasteiger partial charge in [0.15, 0.2) is 0 Å². The number of fused-ring (bicyclic) bond motifs is 1. The number of anilines is 2. The van der Waals surface area contributed by atoms with Crippen LogP contribution in [0.2, 0.25) is 0 Å². The number of nitrogens with zero attached hydrogens (tertiary/aromatic N) is 4. The number of aryl methyl sites for hydroxylation is 1. The number of benzene rings is 1. The van der Waals surface area contributed by atoms with Crippen LogP contribution in [0.5, 0.6) is 0 Å². The Morgan fingerprint density at radius 2 is 1.84 bits per heavy atom. The summed E-state index contributed by atoms with van der Waals surface area (Å²) in [6, 6.07) is 6.76. The molecule has 1 aliphatic rings. The van der Waals surface area contributed by atoms with Crippen molar-refractivity contribution in [1.82, 2.24) is 19.9 Å². The van der Waals surface area contributed by atoms with E-state index in [1.54, 1.807) is 18.3 Å². The topological polar surface area (TPSA) is 83.0 Å². The molecule has 0 spiro atoms. The fraction of sp³-hybridized carbons (Fsp3) is 0.462. The highest BCUT2D eigenvalue weighted by Gasteiger charge is 2.28. The van der Waals surface area contributed by atoms with Crippen LogP contribution in [0.4, 0.5) is 29.2 Å². The van der Waals surface area contributed by atoms with Gasteiger partial charge in [-0.25, -0.2) is 23.6 Å². The van der Waals surface area contributed by atoms with Gasteiger partial charge in [0.05, 0.1) is 29.5 Å². The van der Waals surface area contributed by atoms with Crippen LogP contribution >= 0.6 is 0 Å². The lowest BCUT2D eigenvalue weighted by atomic mass is 9.91. The predicted octanol–water partition coefficient (Wildman–Crippen LogP) is 5.42. The minimum Gasteiger partial charge on any atom is -0.351 e. The van der Waals surface area contributed by atoms with E-state index in [0.29, 0.717) is 40.3 Å². The second-order valence-corrected chi connectivity index (χ2v) is 12.3. The second-order valence-electron chi connectivity index (χ2n) is 10.0. The van der Waals surface area contributed by atoms with Crippen LogP contribution in [-0.4, -0.2) is 68.0 Å². The largest absolute Gasteiger partial charge is 0.390 e. The number of aromatic nitrogens is 3. The number of rotatable bonds is 8. The SMILES string of the molecule is C=S(=O)(CCC(F)(F)F)Nc1ccc(-c2cc(C)c3nc(NC4CCC(N(C)C)CC4)ncc3n2)cc1F. The Kier molecular flexibility index (Phi) is 8.12. The normalized spacial score (nSPS) is 19.9. The van der Waals surface area contributed by atoms with Crippen molar-refractivity contribution < 1.29 is 21.8 Å². The van der Waals surface area contributed by atoms with Gasteiger partial charge >= 0.3 is 6.18 Å². The van der Waals surface area contributed by atoms with Crippen molar-refractivity contribution in [2.75, 3.05) is 29.9 Å². The van der Waals surface area contributed by atoms with Gasteiger partial charge in [-0.15, -0.1) is 0 Å². The monoisotopic (exact) mass is 552 g/mol. The van der Waals surface area contributed by atoms with Crippen LogP contribution in [0.3, 0.4) is 0 Å². The number of nitrogens with one attached hydrogen (secondary N) is 2. The van der Waals surface area contributed by atoms with Gasteiger partial charge in [0, 0.05) is 33.1 Å². The molecule has 1 fully saturated rings. The molecule has 206 valence electrons. The zero-order valence-electron chi connectivity index (χ0n) is 21.6. The number of hydrogen-bond donors (Lipinski definition) is 2. The Labute approximate surface area is 220 Å². The summed E-state index contributed by atoms with van der Waals surface area (Å²) < 4.78 is 66.9. The highest BCUT2D eigenvalue weighted by atomic mass is 32.2. The van der Waals surface area contributed by atoms with Crippen molar-refractivity contribution in [2.45, 2.75) is 57.3 Å². The first-order valence-corrected chi connectivity index (χ1v) is 14.3. The molecule has 1 unspecified atom stereocenters. The van der Waals surface area contributed by atoms with Crippen LogP contribution in [0.25, 0.3) is 22.3 Å². The van der Waals surface area contributed by atoms with Gasteiger partial charge in [-0.3, -0.25) is 0 Å². The van der Waals surface area contributed by atoms with Crippen molar-refractivity contribution in [3.05, 3.63) is 41.8 Å². The molecule has 0 saturated heterocycles. The van der Waals surface area contributed by atoms with Crippen molar-refractivity contribution in [1.29, 1.82) is 0 Å². The molecule has 1 atom stereocenters. The summed E-state index contributed by atoms with van der Waals surface area (Å²) in [4.78, 5) is 16.0. The predicted molar refractivity (Wildman–Crippen MR) is 145 cm³/mol. The van der Waals surface area contributed by atoms with E-state index in [1.165, 1.54) is 12.1 Å². The van der Waals surface area contributed by atoms with E-state index >= 15 is 0 Å². The summed E-state index contributed by atoms with van der Waals surface area (Å²) >= 11 is 0. The fourth-order valence-electron chi connectivity index (χ4n) is 4.61. The molecule has 38 heavy (non-hydrogen) atoms. The van der Waals surface area contributed by atoms with Gasteiger partial charge in [-0.1, -0.05) is 6.07 Å². The fourth-order valence-corrected chi connectivity index (χ4v) is 5.84. The third-order valence-electron chi connectivity index (χ3n) is 6.77. The lowest BCUT2D eigenvalue weighted by molar-refractivity contribution is -0.129. The maximum absolute atomic E-state index is 14.8. The van der Waals surface area contributed by atoms with E-state index in [0.717, 1.165) is 31.2 Å². The van der Waals surface area contributed by atoms with Gasteiger partial charge < -0.3 is 14.9 Å². The zero-order valence-corrected chi connectivity index (χ0v) is 22.4. The molecule has 4 rings (SSSR count). The van der Waals surface area contributed by atoms with Crippen LogP contribution in [0, 0.1) is 12.7 Å². The Hall–Kier alpha value is -2.99. The maximum Gasteiger partial charge on any atom is 0.390 e. The molecule has 2 heterocycles. The van der Waals surface area contributed by atoms with E-state index in [4.69, 9.17) is 0 Å². The summed E-state index contributed by atoms with van der Waals surface area (Å²) in [6.07, 6.45) is 0.204. The lowest BCUT2D eigenvalue weighted by Gasteiger charge is -2.32. The minimum atomic E-state index is -4.48. The van der Waals surface area contributed by atoms with Crippen molar-refractivity contribution in [3.8, 4) is 11.3 Å². The molecule has 3 aromatic rings. The Bertz CT molecular complexity index is 1400. The van der Waals surface area contributed by atoms with Gasteiger partial charge in [0.1, 0.15) is 11.3 Å². The van der Waals surface area contributed by atoms with E-state index in [2.05, 4.69) is 49.9 Å². The summed E-state index contributed by atoms with van der Waals surface area (Å²) in [5.41, 5.74) is 2.82. The van der Waals surface area contributed by atoms with Gasteiger partial charge in [-0.05, 0) is 76.3 Å². The molecule has 1 aromatic carbocycles. The van der Waals surface area contributed by atoms with E-state index in [1.807, 2.05) is 6.92 Å². The van der Waals surface area contributed by atoms with Crippen molar-refractivity contribution in [3.63, 3.8) is 0 Å². The van der Waals surface area contributed by atoms with Crippen LogP contribution in [0.15, 0.2) is 30.5 Å². The molecule has 1 aliphatic carbocycles. The molecule has 0 amide bonds. The molecule has 2 aromatic heterocycles. The minimum absolute atomic E-state index is 0.188. The summed E-state index contributed by atoms with van der Waals surface area (Å²) in [5, 5.41) is 3.44. The highest BCUT2D eigenvalue weighted by molar-refractivity contribution is 8.01. The number of alkyl halides is 3. The summed E-state index contributed by atoms with van der Waals surface area (Å²) in [7, 11) is 0.843. The van der Waals surface area contributed by atoms with Crippen LogP contribution < -0.4 is 10.0 Å². The molecule has 1 saturated carbocycles. The molecule has 12 heteroatoms. The summed E-state index contributed by atoms with van der Waals surface area (Å²) in [6.45, 7) is 1.89. The Balaban J connectivity index is 1.49. The summed E-state index contributed by atoms with van der Waals surface area (Å²) in [5.74, 6) is 2.33. The second kappa shape index (κ2) is 11.0. The first kappa shape index (κ1) is 28.0. The highest BCUT2D eigenvalue weighted by Crippen LogP contribution is 2.29. The number of hydrogen-bond acceptors (Lipinski definition) is 6. The molecule has 7 nitrogen and oxygen atoms in total. The molecular weight excluding hydrogens is 520 g/mol. The van der Waals surface area contributed by atoms with Gasteiger partial charge in [0.2, 0.25) is 5.95 Å². The van der Waals surface area contributed by atoms with E-state index in [9.17, 15) is 21.8 Å². The first-order chi connectivity index (χ1) is 17.8. The van der Waals surface area contributed by atoms with Crippen molar-refractivity contribution >= 4 is 38.2 Å². The number of halogens is 4. The first-order valence-electron chi connectivity index (χ1n) is 12.4. The average molecular weight is 553 g/mol. The third kappa shape index (κ3) is 7.10. The quantitative estimate of drug-likeness (QED) is 0.287. The Morgan fingerprint density at radius 1 is 1.13 bits per heavy atom. The van der Waals surface area contributed by atoms with E-state index in [-0.39, 0.29) is 5.69 Å². The number of pyridine rings is 1. The van der Waals surface area contributed by atoms with Crippen LogP contribution in [-0.2, 0) is 9.71 Å². The lowest BCUT2D eigenvalue weighted by Crippen LogP contribution is -2.36. The maximum atomic E-state index is 14.8. The third-order valence-corrected chi connectivity index (χ3v) is 8.23. The standard InChI is InChI=1S/C26H32F4N6OS/c1-16-13-22(17-5-10-21(20(27)14-17)35-38(4,37)12-11-26(28,29)30)33-23-15-31-25(34-24(16)23)32-18-6-8-19(9-7-18)36(2)3/h5,10,13-15,18-19H,4,6-9,11-12H2,1-3H3,(H,35,37)(H,31,32,34). The molecular formula is C26H32F4N6OS. The van der Waals surface area contributed by atoms with Crippen LogP contribution in [0.1, 0.15) is 37.7 Å². The average Bonchev–Trinajstić information content (AvgIpc) is 2.84. The molecule has 2 N–H and O–H groups in total. The van der Waals surface area contributed by atoms with E-state index < -0.39 is 33.9 Å². The van der Waals surface area contributed by atoms with Gasteiger partial charge in [-0.2, -0.15) is 13.2 Å². The molecule has 0 bridgehead atoms.